The van der Waals surface area contributed by atoms with E-state index in [-0.39, 0.29) is 29.4 Å². The topological polar surface area (TPSA) is 88.7 Å². The Bertz CT molecular complexity index is 580. The van der Waals surface area contributed by atoms with E-state index in [4.69, 9.17) is 14.2 Å². The number of nitrogens with zero attached hydrogens (tertiary/aromatic N) is 3. The highest BCUT2D eigenvalue weighted by molar-refractivity contribution is 8.00. The van der Waals surface area contributed by atoms with Gasteiger partial charge in [0, 0.05) is 6.54 Å². The van der Waals surface area contributed by atoms with Crippen molar-refractivity contribution in [2.24, 2.45) is 0 Å². The summed E-state index contributed by atoms with van der Waals surface area (Å²) in [4.78, 5) is 14.3. The normalized spacial score (nSPS) is 36.7. The van der Waals surface area contributed by atoms with E-state index in [9.17, 15) is 10.1 Å². The first-order chi connectivity index (χ1) is 9.93. The highest BCUT2D eigenvalue weighted by Crippen LogP contribution is 2.43. The third-order valence-corrected chi connectivity index (χ3v) is 5.17. The summed E-state index contributed by atoms with van der Waals surface area (Å²) in [5.41, 5.74) is 0. The van der Waals surface area contributed by atoms with Crippen molar-refractivity contribution in [3.63, 3.8) is 0 Å². The van der Waals surface area contributed by atoms with Crippen molar-refractivity contribution in [3.8, 4) is 0 Å². The van der Waals surface area contributed by atoms with Crippen molar-refractivity contribution >= 4 is 17.6 Å². The van der Waals surface area contributed by atoms with Crippen LogP contribution in [0.25, 0.3) is 0 Å². The molecule has 9 heteroatoms. The van der Waals surface area contributed by atoms with Crippen molar-refractivity contribution in [3.05, 3.63) is 16.3 Å². The molecule has 3 aliphatic rings. The SMILES string of the molecule is CC1(C)O[C@H]2[C@@H]([C@@H]3Cn4cc([N+](=O)[O-])nc4S3)OC[C@H]2O1. The average molecular weight is 313 g/mol. The van der Waals surface area contributed by atoms with Gasteiger partial charge < -0.3 is 24.3 Å². The minimum Gasteiger partial charge on any atom is -0.371 e. The number of thioether (sulfide) groups is 1. The summed E-state index contributed by atoms with van der Waals surface area (Å²) in [6.45, 7) is 4.97. The molecule has 1 aromatic rings. The largest absolute Gasteiger partial charge is 0.382 e. The molecule has 1 aromatic heterocycles. The lowest BCUT2D eigenvalue weighted by Crippen LogP contribution is -2.37. The molecule has 114 valence electrons. The minimum absolute atomic E-state index is 0.0344. The monoisotopic (exact) mass is 313 g/mol. The molecule has 0 amide bonds. The first-order valence-electron chi connectivity index (χ1n) is 6.78. The van der Waals surface area contributed by atoms with Crippen LogP contribution in [0.3, 0.4) is 0 Å². The lowest BCUT2D eigenvalue weighted by atomic mass is 10.1. The predicted octanol–water partition coefficient (Wildman–Crippen LogP) is 1.18. The molecular formula is C12H15N3O5S. The van der Waals surface area contributed by atoms with Crippen LogP contribution in [-0.4, -0.2) is 50.4 Å². The molecule has 0 bridgehead atoms. The Morgan fingerprint density at radius 1 is 1.48 bits per heavy atom. The maximum absolute atomic E-state index is 10.7. The third-order valence-electron chi connectivity index (χ3n) is 3.91. The molecule has 21 heavy (non-hydrogen) atoms. The second-order valence-corrected chi connectivity index (χ2v) is 7.09. The summed E-state index contributed by atoms with van der Waals surface area (Å²) < 4.78 is 19.4. The summed E-state index contributed by atoms with van der Waals surface area (Å²) in [6, 6.07) is 0. The van der Waals surface area contributed by atoms with E-state index in [0.717, 1.165) is 0 Å². The van der Waals surface area contributed by atoms with Gasteiger partial charge in [0.05, 0.1) is 11.9 Å². The summed E-state index contributed by atoms with van der Waals surface area (Å²) in [5.74, 6) is -0.685. The van der Waals surface area contributed by atoms with Crippen molar-refractivity contribution < 1.29 is 19.1 Å². The molecule has 0 spiro atoms. The molecule has 0 aromatic carbocycles. The number of nitro groups is 1. The number of fused-ring (bicyclic) bond motifs is 2. The van der Waals surface area contributed by atoms with Gasteiger partial charge >= 0.3 is 5.82 Å². The molecule has 0 N–H and O–H groups in total. The lowest BCUT2D eigenvalue weighted by molar-refractivity contribution is -0.389. The standard InChI is InChI=1S/C12H15N3O5S/c1-12(2)19-6-5-18-10(9(6)20-12)7-3-14-4-8(15(16)17)13-11(14)21-7/h4,6-7,9-10H,3,5H2,1-2H3/t6-,7+,9-,10-/m1/s1. The minimum atomic E-state index is -0.576. The third kappa shape index (κ3) is 2.15. The van der Waals surface area contributed by atoms with Crippen molar-refractivity contribution in [1.82, 2.24) is 9.55 Å². The highest BCUT2D eigenvalue weighted by atomic mass is 32.2. The maximum atomic E-state index is 10.7. The molecule has 0 unspecified atom stereocenters. The molecule has 4 atom stereocenters. The van der Waals surface area contributed by atoms with Gasteiger partial charge in [0.25, 0.3) is 5.16 Å². The zero-order valence-corrected chi connectivity index (χ0v) is 12.4. The van der Waals surface area contributed by atoms with Gasteiger partial charge in [-0.1, -0.05) is 11.8 Å². The van der Waals surface area contributed by atoms with Crippen LogP contribution in [0.15, 0.2) is 11.4 Å². The van der Waals surface area contributed by atoms with Gasteiger partial charge in [-0.2, -0.15) is 0 Å². The van der Waals surface area contributed by atoms with Gasteiger partial charge in [0.2, 0.25) is 0 Å². The fourth-order valence-electron chi connectivity index (χ4n) is 3.13. The number of aromatic nitrogens is 2. The van der Waals surface area contributed by atoms with Crippen LogP contribution in [0, 0.1) is 10.1 Å². The van der Waals surface area contributed by atoms with E-state index < -0.39 is 10.7 Å². The summed E-state index contributed by atoms with van der Waals surface area (Å²) in [7, 11) is 0. The van der Waals surface area contributed by atoms with Crippen LogP contribution in [0.1, 0.15) is 13.8 Å². The van der Waals surface area contributed by atoms with E-state index in [0.29, 0.717) is 18.3 Å². The molecule has 0 aliphatic carbocycles. The van der Waals surface area contributed by atoms with E-state index >= 15 is 0 Å². The van der Waals surface area contributed by atoms with Gasteiger partial charge in [-0.3, -0.25) is 4.57 Å². The first-order valence-corrected chi connectivity index (χ1v) is 7.66. The average Bonchev–Trinajstić information content (AvgIpc) is 3.04. The summed E-state index contributed by atoms with van der Waals surface area (Å²) in [5, 5.41) is 11.5. The second-order valence-electron chi connectivity index (χ2n) is 5.88. The van der Waals surface area contributed by atoms with Gasteiger partial charge in [-0.05, 0) is 23.8 Å². The zero-order chi connectivity index (χ0) is 14.8. The van der Waals surface area contributed by atoms with E-state index in [1.165, 1.54) is 18.0 Å². The number of imidazole rings is 1. The highest BCUT2D eigenvalue weighted by Gasteiger charge is 2.54. The van der Waals surface area contributed by atoms with Crippen LogP contribution >= 0.6 is 11.8 Å². The van der Waals surface area contributed by atoms with Gasteiger partial charge in [0.15, 0.2) is 5.79 Å². The molecule has 0 saturated carbocycles. The van der Waals surface area contributed by atoms with Crippen molar-refractivity contribution in [2.45, 2.75) is 54.9 Å². The lowest BCUT2D eigenvalue weighted by Gasteiger charge is -2.24. The number of hydrogen-bond donors (Lipinski definition) is 0. The molecule has 2 saturated heterocycles. The van der Waals surface area contributed by atoms with Crippen LogP contribution < -0.4 is 0 Å². The Hall–Kier alpha value is -1.16. The molecule has 8 nitrogen and oxygen atoms in total. The number of hydrogen-bond acceptors (Lipinski definition) is 7. The number of ether oxygens (including phenoxy) is 3. The van der Waals surface area contributed by atoms with Gasteiger partial charge in [-0.25, -0.2) is 0 Å². The van der Waals surface area contributed by atoms with Crippen molar-refractivity contribution in [2.75, 3.05) is 6.61 Å². The second kappa shape index (κ2) is 4.42. The molecule has 4 rings (SSSR count). The van der Waals surface area contributed by atoms with Crippen LogP contribution in [-0.2, 0) is 20.8 Å². The molecular weight excluding hydrogens is 298 g/mol. The Kier molecular flexibility index (Phi) is 2.84. The molecule has 2 fully saturated rings. The summed E-state index contributed by atoms with van der Waals surface area (Å²) in [6.07, 6.45) is 1.28. The smallest absolute Gasteiger partial charge is 0.371 e. The van der Waals surface area contributed by atoms with E-state index in [1.807, 2.05) is 18.4 Å². The fourth-order valence-corrected chi connectivity index (χ4v) is 4.41. The molecule has 3 aliphatic heterocycles. The van der Waals surface area contributed by atoms with Crippen molar-refractivity contribution in [1.29, 1.82) is 0 Å². The van der Waals surface area contributed by atoms with Crippen LogP contribution in [0.4, 0.5) is 5.82 Å². The van der Waals surface area contributed by atoms with Crippen LogP contribution in [0.2, 0.25) is 0 Å². The Balaban J connectivity index is 1.50. The Morgan fingerprint density at radius 2 is 2.29 bits per heavy atom. The number of rotatable bonds is 2. The predicted molar refractivity (Wildman–Crippen MR) is 72.1 cm³/mol. The zero-order valence-electron chi connectivity index (χ0n) is 11.6. The Morgan fingerprint density at radius 3 is 3.00 bits per heavy atom. The first kappa shape index (κ1) is 13.5. The summed E-state index contributed by atoms with van der Waals surface area (Å²) >= 11 is 1.51. The quantitative estimate of drug-likeness (QED) is 0.598. The van der Waals surface area contributed by atoms with Gasteiger partial charge in [0.1, 0.15) is 24.5 Å². The molecule has 0 radical (unpaired) electrons. The Labute approximate surface area is 124 Å². The maximum Gasteiger partial charge on any atom is 0.382 e. The van der Waals surface area contributed by atoms with E-state index in [1.54, 1.807) is 0 Å². The molecule has 4 heterocycles. The van der Waals surface area contributed by atoms with Gasteiger partial charge in [-0.15, -0.1) is 0 Å². The van der Waals surface area contributed by atoms with E-state index in [2.05, 4.69) is 4.98 Å². The fraction of sp³-hybridized carbons (Fsp3) is 0.750. The van der Waals surface area contributed by atoms with Crippen LogP contribution in [0.5, 0.6) is 0 Å².